The Morgan fingerprint density at radius 3 is 2.34 bits per heavy atom. The summed E-state index contributed by atoms with van der Waals surface area (Å²) in [5.41, 5.74) is 7.61. The molecule has 32 heavy (non-hydrogen) atoms. The van der Waals surface area contributed by atoms with Gasteiger partial charge in [-0.15, -0.1) is 24.2 Å². The Morgan fingerprint density at radius 1 is 1.12 bits per heavy atom. The molecule has 0 bridgehead atoms. The van der Waals surface area contributed by atoms with Crippen LogP contribution in [-0.4, -0.2) is 44.9 Å². The van der Waals surface area contributed by atoms with E-state index in [1.54, 1.807) is 24.3 Å². The number of ether oxygens (including phenoxy) is 1. The first-order chi connectivity index (χ1) is 14.8. The predicted octanol–water partition coefficient (Wildman–Crippen LogP) is 2.40. The average molecular weight is 476 g/mol. The topological polar surface area (TPSA) is 102 Å². The van der Waals surface area contributed by atoms with Gasteiger partial charge in [-0.2, -0.15) is 0 Å². The van der Waals surface area contributed by atoms with Gasteiger partial charge >= 0.3 is 5.97 Å². The summed E-state index contributed by atoms with van der Waals surface area (Å²) in [5.74, 6) is -1.15. The van der Waals surface area contributed by atoms with Crippen LogP contribution in [0.4, 0.5) is 0 Å². The molecule has 2 heterocycles. The molecule has 2 saturated heterocycles. The first-order valence-corrected chi connectivity index (χ1v) is 11.0. The molecule has 0 aromatic heterocycles. The third-order valence-corrected chi connectivity index (χ3v) is 7.20. The summed E-state index contributed by atoms with van der Waals surface area (Å²) in [5, 5.41) is 2.43. The van der Waals surface area contributed by atoms with Gasteiger partial charge in [0.2, 0.25) is 11.8 Å². The molecular formula is C23H26ClN3O4S. The van der Waals surface area contributed by atoms with Crippen LogP contribution in [0.5, 0.6) is 0 Å². The molecule has 7 nitrogen and oxygen atoms in total. The van der Waals surface area contributed by atoms with Crippen LogP contribution < -0.4 is 11.1 Å². The molecule has 4 atom stereocenters. The van der Waals surface area contributed by atoms with Gasteiger partial charge in [0.15, 0.2) is 0 Å². The third kappa shape index (κ3) is 4.48. The lowest BCUT2D eigenvalue weighted by molar-refractivity contribution is -0.165. The van der Waals surface area contributed by atoms with Crippen LogP contribution in [0, 0.1) is 0 Å². The lowest BCUT2D eigenvalue weighted by Gasteiger charge is -2.44. The van der Waals surface area contributed by atoms with Gasteiger partial charge in [0.25, 0.3) is 0 Å². The highest BCUT2D eigenvalue weighted by Crippen LogP contribution is 2.51. The lowest BCUT2D eigenvalue weighted by Crippen LogP contribution is -2.71. The molecule has 2 aromatic carbocycles. The normalized spacial score (nSPS) is 23.9. The number of halogens is 1. The minimum Gasteiger partial charge on any atom is -0.459 e. The molecule has 0 spiro atoms. The number of hydrogen-bond acceptors (Lipinski definition) is 6. The van der Waals surface area contributed by atoms with Crippen molar-refractivity contribution in [2.24, 2.45) is 5.73 Å². The molecule has 2 aliphatic heterocycles. The van der Waals surface area contributed by atoms with Crippen molar-refractivity contribution in [3.05, 3.63) is 71.8 Å². The number of carbonyl (C=O) groups is 3. The van der Waals surface area contributed by atoms with Crippen LogP contribution >= 0.6 is 24.2 Å². The van der Waals surface area contributed by atoms with E-state index in [1.165, 1.54) is 16.7 Å². The molecule has 2 fully saturated rings. The summed E-state index contributed by atoms with van der Waals surface area (Å²) in [4.78, 5) is 39.9. The molecule has 0 radical (unpaired) electrons. The van der Waals surface area contributed by atoms with E-state index in [-0.39, 0.29) is 30.3 Å². The smallest absolute Gasteiger partial charge is 0.330 e. The summed E-state index contributed by atoms with van der Waals surface area (Å²) >= 11 is 1.49. The Hall–Kier alpha value is -2.55. The second kappa shape index (κ2) is 9.52. The van der Waals surface area contributed by atoms with Gasteiger partial charge < -0.3 is 20.7 Å². The quantitative estimate of drug-likeness (QED) is 0.491. The van der Waals surface area contributed by atoms with Gasteiger partial charge in [0.05, 0.1) is 0 Å². The van der Waals surface area contributed by atoms with Gasteiger partial charge in [0, 0.05) is 4.75 Å². The molecule has 0 saturated carbocycles. The molecule has 9 heteroatoms. The number of β-lactam (4-membered cyclic amide) rings is 1. The zero-order chi connectivity index (χ0) is 22.2. The first-order valence-electron chi connectivity index (χ1n) is 10.1. The Kier molecular flexibility index (Phi) is 7.17. The van der Waals surface area contributed by atoms with Gasteiger partial charge in [-0.1, -0.05) is 60.7 Å². The van der Waals surface area contributed by atoms with Crippen LogP contribution in [-0.2, 0) is 25.7 Å². The number of amides is 2. The average Bonchev–Trinajstić information content (AvgIpc) is 3.04. The van der Waals surface area contributed by atoms with Crippen LogP contribution in [0.25, 0.3) is 0 Å². The maximum absolute atomic E-state index is 12.9. The molecule has 2 unspecified atom stereocenters. The highest BCUT2D eigenvalue weighted by molar-refractivity contribution is 8.01. The number of carbonyl (C=O) groups excluding carboxylic acids is 3. The number of thioether (sulfide) groups is 1. The van der Waals surface area contributed by atoms with Crippen LogP contribution in [0.3, 0.4) is 0 Å². The number of nitrogens with one attached hydrogen (secondary N) is 1. The summed E-state index contributed by atoms with van der Waals surface area (Å²) in [7, 11) is 0. The van der Waals surface area contributed by atoms with E-state index in [9.17, 15) is 14.4 Å². The van der Waals surface area contributed by atoms with E-state index in [1.807, 2.05) is 50.2 Å². The number of esters is 1. The number of hydrogen-bond donors (Lipinski definition) is 2. The summed E-state index contributed by atoms with van der Waals surface area (Å²) in [6.07, 6.45) is 0. The molecule has 170 valence electrons. The highest BCUT2D eigenvalue weighted by atomic mass is 35.5. The molecule has 2 aliphatic rings. The van der Waals surface area contributed by atoms with Crippen molar-refractivity contribution in [1.29, 1.82) is 0 Å². The van der Waals surface area contributed by atoms with Crippen molar-refractivity contribution in [1.82, 2.24) is 10.2 Å². The van der Waals surface area contributed by atoms with Crippen molar-refractivity contribution in [2.45, 2.75) is 48.7 Å². The van der Waals surface area contributed by atoms with E-state index in [0.29, 0.717) is 5.56 Å². The zero-order valence-electron chi connectivity index (χ0n) is 17.8. The molecule has 4 rings (SSSR count). The Labute approximate surface area is 197 Å². The highest BCUT2D eigenvalue weighted by Gasteiger charge is 2.64. The molecule has 2 aromatic rings. The van der Waals surface area contributed by atoms with Crippen LogP contribution in [0.2, 0.25) is 0 Å². The molecule has 2 amide bonds. The van der Waals surface area contributed by atoms with Crippen LogP contribution in [0.15, 0.2) is 60.7 Å². The van der Waals surface area contributed by atoms with Crippen molar-refractivity contribution >= 4 is 42.0 Å². The van der Waals surface area contributed by atoms with E-state index < -0.39 is 34.7 Å². The zero-order valence-corrected chi connectivity index (χ0v) is 19.4. The third-order valence-electron chi connectivity index (χ3n) is 5.63. The van der Waals surface area contributed by atoms with Gasteiger partial charge in [-0.3, -0.25) is 9.59 Å². The Morgan fingerprint density at radius 2 is 1.72 bits per heavy atom. The number of rotatable bonds is 6. The Balaban J connectivity index is 0.00000289. The number of benzene rings is 2. The largest absolute Gasteiger partial charge is 0.459 e. The SMILES string of the molecule is CC1(C)S[C@@H]2C(NC(=O)C(N)c3ccccc3)C(=O)N2[C@H]1C(=O)OCc1ccccc1.Cl. The monoisotopic (exact) mass is 475 g/mol. The lowest BCUT2D eigenvalue weighted by atomic mass is 9.95. The standard InChI is InChI=1S/C23H25N3O4S.ClH/c1-23(2)18(22(29)30-13-14-9-5-3-6-10-14)26-20(28)17(21(26)31-23)25-19(27)16(24)15-11-7-4-8-12-15;/h3-12,16-18,21H,13,24H2,1-2H3,(H,25,27);1H/t16?,17?,18-,21+;/m0./s1. The van der Waals surface area contributed by atoms with E-state index in [2.05, 4.69) is 5.32 Å². The minimum absolute atomic E-state index is 0. The Bertz CT molecular complexity index is 989. The summed E-state index contributed by atoms with van der Waals surface area (Å²) in [6, 6.07) is 16.1. The van der Waals surface area contributed by atoms with Gasteiger partial charge in [0.1, 0.15) is 30.1 Å². The second-order valence-corrected chi connectivity index (χ2v) is 10.00. The first kappa shape index (κ1) is 24.1. The van der Waals surface area contributed by atoms with Gasteiger partial charge in [-0.25, -0.2) is 4.79 Å². The fraction of sp³-hybridized carbons (Fsp3) is 0.348. The van der Waals surface area contributed by atoms with E-state index in [4.69, 9.17) is 10.5 Å². The maximum atomic E-state index is 12.9. The fourth-order valence-corrected chi connectivity index (χ4v) is 5.61. The van der Waals surface area contributed by atoms with Crippen molar-refractivity contribution in [2.75, 3.05) is 0 Å². The maximum Gasteiger partial charge on any atom is 0.330 e. The van der Waals surface area contributed by atoms with Crippen molar-refractivity contribution < 1.29 is 19.1 Å². The minimum atomic E-state index is -0.867. The number of nitrogens with two attached hydrogens (primary N) is 1. The van der Waals surface area contributed by atoms with Crippen molar-refractivity contribution in [3.63, 3.8) is 0 Å². The van der Waals surface area contributed by atoms with Crippen LogP contribution in [0.1, 0.15) is 31.0 Å². The van der Waals surface area contributed by atoms with Gasteiger partial charge in [-0.05, 0) is 25.0 Å². The van der Waals surface area contributed by atoms with E-state index >= 15 is 0 Å². The predicted molar refractivity (Wildman–Crippen MR) is 125 cm³/mol. The molecular weight excluding hydrogens is 450 g/mol. The summed E-state index contributed by atoms with van der Waals surface area (Å²) in [6.45, 7) is 3.97. The molecule has 0 aliphatic carbocycles. The molecule has 3 N–H and O–H groups in total. The van der Waals surface area contributed by atoms with E-state index in [0.717, 1.165) is 5.56 Å². The second-order valence-electron chi connectivity index (χ2n) is 8.23. The van der Waals surface area contributed by atoms with Crippen molar-refractivity contribution in [3.8, 4) is 0 Å². The summed E-state index contributed by atoms with van der Waals surface area (Å²) < 4.78 is 4.96. The number of nitrogens with zero attached hydrogens (tertiary/aromatic N) is 1. The number of fused-ring (bicyclic) bond motifs is 1. The fourth-order valence-electron chi connectivity index (χ4n) is 3.99.